The fraction of sp³-hybridized carbons (Fsp3) is 0.412. The molecule has 0 unspecified atom stereocenters. The Hall–Kier alpha value is -2.48. The first-order chi connectivity index (χ1) is 10.4. The largest absolute Gasteiger partial charge is 0.465 e. The van der Waals surface area contributed by atoms with Crippen LogP contribution in [0.15, 0.2) is 30.5 Å². The molecule has 2 aromatic rings. The van der Waals surface area contributed by atoms with E-state index in [0.717, 1.165) is 36.7 Å². The number of nitrogens with zero attached hydrogens (tertiary/aromatic N) is 2. The summed E-state index contributed by atoms with van der Waals surface area (Å²) in [5, 5.41) is 21.4. The van der Waals surface area contributed by atoms with Crippen molar-refractivity contribution in [3.05, 3.63) is 36.0 Å². The van der Waals surface area contributed by atoms with E-state index in [-0.39, 0.29) is 0 Å². The maximum absolute atomic E-state index is 10.7. The lowest BCUT2D eigenvalue weighted by Crippen LogP contribution is -2.42. The maximum Gasteiger partial charge on any atom is 0.405 e. The molecule has 1 aromatic carbocycles. The standard InChI is InChI=1S/C17H21N3O2/c1-17(2,19-16(21)22)8-3-4-9-20-10-7-14-6-5-13(12-18)11-15(14)20/h5-7,10-11,19H,3-4,8-9H2,1-2H3,(H,21,22). The molecule has 2 N–H and O–H groups in total. The van der Waals surface area contributed by atoms with Crippen molar-refractivity contribution < 1.29 is 9.90 Å². The van der Waals surface area contributed by atoms with Crippen molar-refractivity contribution in [3.8, 4) is 6.07 Å². The van der Waals surface area contributed by atoms with Crippen molar-refractivity contribution in [2.45, 2.75) is 45.2 Å². The highest BCUT2D eigenvalue weighted by Crippen LogP contribution is 2.19. The molecule has 1 amide bonds. The summed E-state index contributed by atoms with van der Waals surface area (Å²) in [6.07, 6.45) is 3.75. The van der Waals surface area contributed by atoms with Crippen molar-refractivity contribution in [2.75, 3.05) is 0 Å². The molecule has 0 bridgehead atoms. The van der Waals surface area contributed by atoms with Crippen molar-refractivity contribution in [2.24, 2.45) is 0 Å². The molecular weight excluding hydrogens is 278 g/mol. The average Bonchev–Trinajstić information content (AvgIpc) is 2.84. The van der Waals surface area contributed by atoms with E-state index >= 15 is 0 Å². The van der Waals surface area contributed by atoms with Crippen LogP contribution >= 0.6 is 0 Å². The molecule has 2 rings (SSSR count). The van der Waals surface area contributed by atoms with Crippen molar-refractivity contribution >= 4 is 17.0 Å². The lowest BCUT2D eigenvalue weighted by atomic mass is 9.97. The number of nitrogens with one attached hydrogen (secondary N) is 1. The van der Waals surface area contributed by atoms with Crippen molar-refractivity contribution in [1.29, 1.82) is 5.26 Å². The van der Waals surface area contributed by atoms with Crippen LogP contribution < -0.4 is 5.32 Å². The molecule has 1 heterocycles. The SMILES string of the molecule is CC(C)(CCCCn1ccc2ccc(C#N)cc21)NC(=O)O. The van der Waals surface area contributed by atoms with Gasteiger partial charge in [-0.2, -0.15) is 5.26 Å². The Morgan fingerprint density at radius 3 is 2.82 bits per heavy atom. The molecule has 5 nitrogen and oxygen atoms in total. The van der Waals surface area contributed by atoms with Crippen LogP contribution in [0.2, 0.25) is 0 Å². The van der Waals surface area contributed by atoms with Gasteiger partial charge in [0.15, 0.2) is 0 Å². The van der Waals surface area contributed by atoms with Crippen LogP contribution in [0.1, 0.15) is 38.7 Å². The summed E-state index contributed by atoms with van der Waals surface area (Å²) in [5.41, 5.74) is 1.33. The minimum Gasteiger partial charge on any atom is -0.465 e. The number of aryl methyl sites for hydroxylation is 1. The highest BCUT2D eigenvalue weighted by atomic mass is 16.4. The van der Waals surface area contributed by atoms with Gasteiger partial charge in [0.05, 0.1) is 11.6 Å². The predicted molar refractivity (Wildman–Crippen MR) is 85.7 cm³/mol. The average molecular weight is 299 g/mol. The summed E-state index contributed by atoms with van der Waals surface area (Å²) < 4.78 is 2.15. The summed E-state index contributed by atoms with van der Waals surface area (Å²) in [6.45, 7) is 4.65. The van der Waals surface area contributed by atoms with Crippen molar-refractivity contribution in [1.82, 2.24) is 9.88 Å². The second kappa shape index (κ2) is 6.52. The Morgan fingerprint density at radius 2 is 2.14 bits per heavy atom. The molecule has 5 heteroatoms. The molecule has 0 atom stereocenters. The smallest absolute Gasteiger partial charge is 0.405 e. The topological polar surface area (TPSA) is 78.0 Å². The van der Waals surface area contributed by atoms with Gasteiger partial charge in [0, 0.05) is 23.8 Å². The third kappa shape index (κ3) is 4.01. The van der Waals surface area contributed by atoms with Gasteiger partial charge in [-0.25, -0.2) is 4.79 Å². The number of fused-ring (bicyclic) bond motifs is 1. The summed E-state index contributed by atoms with van der Waals surface area (Å²) >= 11 is 0. The second-order valence-electron chi connectivity index (χ2n) is 6.17. The van der Waals surface area contributed by atoms with E-state index in [9.17, 15) is 4.79 Å². The predicted octanol–water partition coefficient (Wildman–Crippen LogP) is 3.73. The van der Waals surface area contributed by atoms with Crippen LogP contribution in [-0.4, -0.2) is 21.3 Å². The highest BCUT2D eigenvalue weighted by Gasteiger charge is 2.19. The number of carbonyl (C=O) groups is 1. The van der Waals surface area contributed by atoms with Gasteiger partial charge in [0.1, 0.15) is 0 Å². The Balaban J connectivity index is 1.93. The van der Waals surface area contributed by atoms with Crippen molar-refractivity contribution in [3.63, 3.8) is 0 Å². The van der Waals surface area contributed by atoms with E-state index < -0.39 is 11.6 Å². The zero-order valence-corrected chi connectivity index (χ0v) is 13.0. The van der Waals surface area contributed by atoms with E-state index in [1.54, 1.807) is 0 Å². The number of carboxylic acid groups (broad SMARTS) is 1. The van der Waals surface area contributed by atoms with E-state index in [4.69, 9.17) is 10.4 Å². The Kier molecular flexibility index (Phi) is 4.71. The fourth-order valence-corrected chi connectivity index (χ4v) is 2.65. The molecule has 0 aliphatic heterocycles. The molecule has 0 saturated carbocycles. The molecule has 0 aliphatic rings. The normalized spacial score (nSPS) is 11.3. The van der Waals surface area contributed by atoms with E-state index in [0.29, 0.717) is 5.56 Å². The molecule has 0 spiro atoms. The number of unbranched alkanes of at least 4 members (excludes halogenated alkanes) is 1. The zero-order chi connectivity index (χ0) is 16.2. The van der Waals surface area contributed by atoms with Crippen LogP contribution in [0.4, 0.5) is 4.79 Å². The van der Waals surface area contributed by atoms with Gasteiger partial charge < -0.3 is 15.0 Å². The lowest BCUT2D eigenvalue weighted by molar-refractivity contribution is 0.180. The van der Waals surface area contributed by atoms with E-state index in [1.165, 1.54) is 0 Å². The minimum absolute atomic E-state index is 0.404. The Morgan fingerprint density at radius 1 is 1.36 bits per heavy atom. The fourth-order valence-electron chi connectivity index (χ4n) is 2.65. The number of aromatic nitrogens is 1. The molecule has 116 valence electrons. The molecule has 0 saturated heterocycles. The Bertz CT molecular complexity index is 710. The monoisotopic (exact) mass is 299 g/mol. The molecule has 0 radical (unpaired) electrons. The highest BCUT2D eigenvalue weighted by molar-refractivity contribution is 5.81. The van der Waals surface area contributed by atoms with Crippen LogP contribution in [0.5, 0.6) is 0 Å². The van der Waals surface area contributed by atoms with Gasteiger partial charge in [0.2, 0.25) is 0 Å². The zero-order valence-electron chi connectivity index (χ0n) is 13.0. The van der Waals surface area contributed by atoms with E-state index in [2.05, 4.69) is 16.0 Å². The van der Waals surface area contributed by atoms with Gasteiger partial charge >= 0.3 is 6.09 Å². The second-order valence-corrected chi connectivity index (χ2v) is 6.17. The van der Waals surface area contributed by atoms with Gasteiger partial charge in [-0.3, -0.25) is 0 Å². The number of rotatable bonds is 6. The molecule has 0 aliphatic carbocycles. The summed E-state index contributed by atoms with van der Waals surface area (Å²) in [5.74, 6) is 0. The lowest BCUT2D eigenvalue weighted by Gasteiger charge is -2.24. The quantitative estimate of drug-likeness (QED) is 0.798. The van der Waals surface area contributed by atoms with Gasteiger partial charge in [-0.15, -0.1) is 0 Å². The van der Waals surface area contributed by atoms with Gasteiger partial charge in [-0.05, 0) is 56.7 Å². The Labute approximate surface area is 130 Å². The molecule has 0 fully saturated rings. The maximum atomic E-state index is 10.7. The third-order valence-corrected chi connectivity index (χ3v) is 3.80. The third-order valence-electron chi connectivity index (χ3n) is 3.80. The number of hydrogen-bond acceptors (Lipinski definition) is 2. The van der Waals surface area contributed by atoms with E-state index in [1.807, 2.05) is 44.3 Å². The number of hydrogen-bond donors (Lipinski definition) is 2. The number of amides is 1. The minimum atomic E-state index is -0.981. The van der Waals surface area contributed by atoms with Crippen LogP contribution in [0.25, 0.3) is 10.9 Å². The van der Waals surface area contributed by atoms with Gasteiger partial charge in [-0.1, -0.05) is 6.07 Å². The first kappa shape index (κ1) is 15.9. The number of nitriles is 1. The molecule has 1 aromatic heterocycles. The molecule has 22 heavy (non-hydrogen) atoms. The van der Waals surface area contributed by atoms with Crippen LogP contribution in [0, 0.1) is 11.3 Å². The number of benzene rings is 1. The van der Waals surface area contributed by atoms with Crippen LogP contribution in [0.3, 0.4) is 0 Å². The first-order valence-corrected chi connectivity index (χ1v) is 7.41. The van der Waals surface area contributed by atoms with Gasteiger partial charge in [0.25, 0.3) is 0 Å². The van der Waals surface area contributed by atoms with Crippen LogP contribution in [-0.2, 0) is 6.54 Å². The molecular formula is C17H21N3O2. The summed E-state index contributed by atoms with van der Waals surface area (Å²) in [7, 11) is 0. The summed E-state index contributed by atoms with van der Waals surface area (Å²) in [6, 6.07) is 9.91. The first-order valence-electron chi connectivity index (χ1n) is 7.41. The summed E-state index contributed by atoms with van der Waals surface area (Å²) in [4.78, 5) is 10.7.